The van der Waals surface area contributed by atoms with Crippen molar-refractivity contribution in [2.24, 2.45) is 5.92 Å². The molecule has 1 aromatic carbocycles. The van der Waals surface area contributed by atoms with Crippen LogP contribution in [0.15, 0.2) is 59.8 Å². The third-order valence-electron chi connectivity index (χ3n) is 6.78. The maximum atomic E-state index is 13.5. The molecule has 5 rings (SSSR count). The molecule has 1 aliphatic rings. The van der Waals surface area contributed by atoms with E-state index in [2.05, 4.69) is 15.3 Å². The summed E-state index contributed by atoms with van der Waals surface area (Å²) in [4.78, 5) is 34.0. The minimum absolute atomic E-state index is 0.120. The van der Waals surface area contributed by atoms with Gasteiger partial charge in [0.05, 0.1) is 38.5 Å². The Balaban J connectivity index is 1.31. The van der Waals surface area contributed by atoms with E-state index in [0.29, 0.717) is 30.1 Å². The largest absolute Gasteiger partial charge is 0.349 e. The fourth-order valence-corrected chi connectivity index (χ4v) is 5.34. The molecular formula is C26H23Cl2F2N5O2. The van der Waals surface area contributed by atoms with E-state index in [9.17, 15) is 18.4 Å². The number of carbonyl (C=O) groups excluding carboxylic acids is 1. The van der Waals surface area contributed by atoms with Crippen molar-refractivity contribution < 1.29 is 13.6 Å². The number of benzene rings is 1. The molecule has 1 amide bonds. The number of carbonyl (C=O) groups is 1. The first-order valence-corrected chi connectivity index (χ1v) is 12.6. The van der Waals surface area contributed by atoms with E-state index >= 15 is 0 Å². The number of fused-ring (bicyclic) bond motifs is 1. The van der Waals surface area contributed by atoms with Gasteiger partial charge in [-0.2, -0.15) is 0 Å². The molecule has 37 heavy (non-hydrogen) atoms. The second-order valence-electron chi connectivity index (χ2n) is 9.12. The van der Waals surface area contributed by atoms with Gasteiger partial charge in [0.15, 0.2) is 0 Å². The zero-order valence-electron chi connectivity index (χ0n) is 19.6. The lowest BCUT2D eigenvalue weighted by molar-refractivity contribution is 0.0904. The van der Waals surface area contributed by atoms with E-state index in [1.165, 1.54) is 6.07 Å². The Kier molecular flexibility index (Phi) is 7.26. The van der Waals surface area contributed by atoms with E-state index in [-0.39, 0.29) is 28.2 Å². The van der Waals surface area contributed by atoms with Gasteiger partial charge in [-0.15, -0.1) is 0 Å². The van der Waals surface area contributed by atoms with Crippen molar-refractivity contribution in [3.8, 4) is 5.69 Å². The smallest absolute Gasteiger partial charge is 0.333 e. The van der Waals surface area contributed by atoms with Crippen LogP contribution >= 0.6 is 23.2 Å². The summed E-state index contributed by atoms with van der Waals surface area (Å²) in [5.74, 6) is -0.417. The van der Waals surface area contributed by atoms with Gasteiger partial charge in [-0.3, -0.25) is 23.9 Å². The third kappa shape index (κ3) is 5.10. The predicted molar refractivity (Wildman–Crippen MR) is 138 cm³/mol. The molecule has 0 aliphatic heterocycles. The number of para-hydroxylation sites is 1. The van der Waals surface area contributed by atoms with Gasteiger partial charge in [0.25, 0.3) is 12.3 Å². The molecule has 11 heteroatoms. The van der Waals surface area contributed by atoms with Crippen LogP contribution in [0.2, 0.25) is 10.0 Å². The zero-order valence-corrected chi connectivity index (χ0v) is 21.1. The minimum Gasteiger partial charge on any atom is -0.349 e. The molecule has 1 fully saturated rings. The Bertz CT molecular complexity index is 1510. The van der Waals surface area contributed by atoms with Gasteiger partial charge < -0.3 is 5.32 Å². The standard InChI is InChI=1S/C26H23Cl2F2N5O2/c27-16-11-18(23(24(29)30)32-12-16)25(36)33-17-7-5-15(6-8-17)14-34-22-13-31-10-9-21(22)35(26(34)37)20-4-2-1-3-19(20)28/h1-4,9-13,15,17,24H,5-8,14H2,(H,33,36). The first-order valence-electron chi connectivity index (χ1n) is 11.9. The van der Waals surface area contributed by atoms with Crippen LogP contribution in [-0.2, 0) is 6.54 Å². The zero-order chi connectivity index (χ0) is 26.1. The highest BCUT2D eigenvalue weighted by atomic mass is 35.5. The normalized spacial score (nSPS) is 17.9. The lowest BCUT2D eigenvalue weighted by Crippen LogP contribution is -2.39. The summed E-state index contributed by atoms with van der Waals surface area (Å²) in [5.41, 5.74) is 1.05. The Hall–Kier alpha value is -3.30. The summed E-state index contributed by atoms with van der Waals surface area (Å²) in [6.45, 7) is 0.493. The van der Waals surface area contributed by atoms with E-state index in [4.69, 9.17) is 23.2 Å². The molecule has 192 valence electrons. The lowest BCUT2D eigenvalue weighted by atomic mass is 9.85. The number of nitrogens with one attached hydrogen (secondary N) is 1. The summed E-state index contributed by atoms with van der Waals surface area (Å²) in [6, 6.07) is 10.0. The molecule has 0 radical (unpaired) electrons. The number of hydrogen-bond donors (Lipinski definition) is 1. The molecule has 1 aliphatic carbocycles. The predicted octanol–water partition coefficient (Wildman–Crippen LogP) is 5.82. The summed E-state index contributed by atoms with van der Waals surface area (Å²) >= 11 is 12.3. The molecule has 4 aromatic rings. The van der Waals surface area contributed by atoms with E-state index in [1.54, 1.807) is 39.7 Å². The van der Waals surface area contributed by atoms with Crippen LogP contribution in [0.4, 0.5) is 8.78 Å². The summed E-state index contributed by atoms with van der Waals surface area (Å²) in [5, 5.41) is 3.44. The van der Waals surface area contributed by atoms with Gasteiger partial charge in [-0.05, 0) is 55.9 Å². The van der Waals surface area contributed by atoms with Crippen molar-refractivity contribution in [1.82, 2.24) is 24.4 Å². The molecule has 0 unspecified atom stereocenters. The average molecular weight is 546 g/mol. The molecule has 1 N–H and O–H groups in total. The van der Waals surface area contributed by atoms with E-state index in [1.807, 2.05) is 12.1 Å². The van der Waals surface area contributed by atoms with Gasteiger partial charge in [0.2, 0.25) is 0 Å². The minimum atomic E-state index is -2.88. The molecule has 0 saturated heterocycles. The monoisotopic (exact) mass is 545 g/mol. The number of halogens is 4. The van der Waals surface area contributed by atoms with Gasteiger partial charge in [-0.25, -0.2) is 13.6 Å². The highest BCUT2D eigenvalue weighted by Crippen LogP contribution is 2.29. The van der Waals surface area contributed by atoms with Gasteiger partial charge in [0, 0.05) is 25.0 Å². The first-order chi connectivity index (χ1) is 17.8. The van der Waals surface area contributed by atoms with Gasteiger partial charge in [0.1, 0.15) is 5.69 Å². The summed E-state index contributed by atoms with van der Waals surface area (Å²) in [7, 11) is 0. The van der Waals surface area contributed by atoms with Crippen molar-refractivity contribution in [2.75, 3.05) is 0 Å². The summed E-state index contributed by atoms with van der Waals surface area (Å²) < 4.78 is 29.9. The van der Waals surface area contributed by atoms with E-state index < -0.39 is 18.0 Å². The Morgan fingerprint density at radius 1 is 1.08 bits per heavy atom. The second-order valence-corrected chi connectivity index (χ2v) is 9.97. The van der Waals surface area contributed by atoms with Gasteiger partial charge >= 0.3 is 5.69 Å². The Morgan fingerprint density at radius 2 is 1.84 bits per heavy atom. The van der Waals surface area contributed by atoms with Crippen LogP contribution in [0.25, 0.3) is 16.7 Å². The Morgan fingerprint density at radius 3 is 2.57 bits per heavy atom. The second kappa shape index (κ2) is 10.6. The molecule has 7 nitrogen and oxygen atoms in total. The van der Waals surface area contributed by atoms with Crippen molar-refractivity contribution in [1.29, 1.82) is 0 Å². The maximum absolute atomic E-state index is 13.5. The van der Waals surface area contributed by atoms with Crippen LogP contribution < -0.4 is 11.0 Å². The lowest BCUT2D eigenvalue weighted by Gasteiger charge is -2.29. The van der Waals surface area contributed by atoms with Crippen LogP contribution in [0, 0.1) is 5.92 Å². The fraction of sp³-hybridized carbons (Fsp3) is 0.308. The van der Waals surface area contributed by atoms with Crippen molar-refractivity contribution in [3.05, 3.63) is 86.8 Å². The third-order valence-corrected chi connectivity index (χ3v) is 7.31. The van der Waals surface area contributed by atoms with Crippen LogP contribution in [0.5, 0.6) is 0 Å². The molecule has 0 spiro atoms. The maximum Gasteiger partial charge on any atom is 0.333 e. The van der Waals surface area contributed by atoms with Crippen molar-refractivity contribution >= 4 is 40.1 Å². The van der Waals surface area contributed by atoms with Crippen LogP contribution in [0.3, 0.4) is 0 Å². The summed E-state index contributed by atoms with van der Waals surface area (Å²) in [6.07, 6.45) is 4.37. The number of aromatic nitrogens is 4. The van der Waals surface area contributed by atoms with Crippen LogP contribution in [-0.4, -0.2) is 31.1 Å². The number of imidazole rings is 1. The van der Waals surface area contributed by atoms with Crippen molar-refractivity contribution in [3.63, 3.8) is 0 Å². The SMILES string of the molecule is O=C(NC1CCC(Cn2c(=O)n(-c3ccccc3Cl)c3ccncc32)CC1)c1cc(Cl)cnc1C(F)F. The molecular weight excluding hydrogens is 523 g/mol. The number of alkyl halides is 2. The Labute approximate surface area is 221 Å². The number of rotatable bonds is 6. The molecule has 3 aromatic heterocycles. The van der Waals surface area contributed by atoms with Gasteiger partial charge in [-0.1, -0.05) is 35.3 Å². The number of pyridine rings is 2. The first kappa shape index (κ1) is 25.4. The highest BCUT2D eigenvalue weighted by Gasteiger charge is 2.27. The molecule has 0 bridgehead atoms. The molecule has 0 atom stereocenters. The number of hydrogen-bond acceptors (Lipinski definition) is 4. The molecule has 1 saturated carbocycles. The average Bonchev–Trinajstić information content (AvgIpc) is 3.16. The topological polar surface area (TPSA) is 81.8 Å². The fourth-order valence-electron chi connectivity index (χ4n) is 4.96. The quantitative estimate of drug-likeness (QED) is 0.331. The number of nitrogens with zero attached hydrogens (tertiary/aromatic N) is 4. The van der Waals surface area contributed by atoms with E-state index in [0.717, 1.165) is 30.1 Å². The highest BCUT2D eigenvalue weighted by molar-refractivity contribution is 6.32. The number of amides is 1. The van der Waals surface area contributed by atoms with Crippen molar-refractivity contribution in [2.45, 2.75) is 44.7 Å². The van der Waals surface area contributed by atoms with Crippen LogP contribution in [0.1, 0.15) is 48.2 Å². The molecule has 3 heterocycles.